The second-order valence-electron chi connectivity index (χ2n) is 3.48. The number of nitrogens with one attached hydrogen (secondary N) is 1. The molecule has 1 amide bonds. The molecule has 5 heteroatoms. The van der Waals surface area contributed by atoms with E-state index in [2.05, 4.69) is 17.1 Å². The Morgan fingerprint density at radius 2 is 2.24 bits per heavy atom. The van der Waals surface area contributed by atoms with Crippen LogP contribution < -0.4 is 5.43 Å². The first-order valence-corrected chi connectivity index (χ1v) is 6.15. The number of aliphatic imine (C=N–C) groups is 1. The van der Waals surface area contributed by atoms with Crippen LogP contribution in [-0.2, 0) is 6.42 Å². The lowest BCUT2D eigenvalue weighted by Gasteiger charge is -2.07. The minimum Gasteiger partial charge on any atom is -0.268 e. The second kappa shape index (κ2) is 4.97. The molecule has 0 aliphatic rings. The first kappa shape index (κ1) is 11.6. The van der Waals surface area contributed by atoms with E-state index in [1.807, 2.05) is 24.4 Å². The molecule has 2 aromatic rings. The summed E-state index contributed by atoms with van der Waals surface area (Å²) in [6, 6.07) is 3.70. The number of carbonyl (C=O) groups excluding carboxylic acids is 1. The van der Waals surface area contributed by atoms with Crippen molar-refractivity contribution in [1.82, 2.24) is 4.68 Å². The van der Waals surface area contributed by atoms with Crippen molar-refractivity contribution in [3.8, 4) is 0 Å². The SMILES string of the molecule is C=Nc1scc(CC)c1C(=O)Nn1cccc1. The molecular formula is C12H13N3OS. The van der Waals surface area contributed by atoms with E-state index >= 15 is 0 Å². The number of carbonyl (C=O) groups is 1. The number of aryl methyl sites for hydroxylation is 1. The Hall–Kier alpha value is -1.88. The zero-order chi connectivity index (χ0) is 12.3. The Bertz CT molecular complexity index is 528. The Kier molecular flexibility index (Phi) is 3.39. The Morgan fingerprint density at radius 1 is 1.53 bits per heavy atom. The topological polar surface area (TPSA) is 46.4 Å². The maximum atomic E-state index is 12.1. The molecule has 17 heavy (non-hydrogen) atoms. The lowest BCUT2D eigenvalue weighted by Crippen LogP contribution is -2.21. The van der Waals surface area contributed by atoms with Crippen molar-refractivity contribution in [3.63, 3.8) is 0 Å². The monoisotopic (exact) mass is 247 g/mol. The summed E-state index contributed by atoms with van der Waals surface area (Å²) in [5.74, 6) is -0.151. The fraction of sp³-hybridized carbons (Fsp3) is 0.167. The Labute approximate surface area is 104 Å². The molecule has 0 spiro atoms. The number of hydrogen-bond acceptors (Lipinski definition) is 3. The number of aromatic nitrogens is 1. The van der Waals surface area contributed by atoms with E-state index in [1.165, 1.54) is 11.3 Å². The summed E-state index contributed by atoms with van der Waals surface area (Å²) in [5.41, 5.74) is 4.40. The molecule has 0 saturated heterocycles. The van der Waals surface area contributed by atoms with Gasteiger partial charge >= 0.3 is 0 Å². The quantitative estimate of drug-likeness (QED) is 0.830. The lowest BCUT2D eigenvalue weighted by molar-refractivity contribution is 0.101. The van der Waals surface area contributed by atoms with Crippen LogP contribution in [0.4, 0.5) is 5.00 Å². The predicted octanol–water partition coefficient (Wildman–Crippen LogP) is 2.83. The molecule has 0 aliphatic heterocycles. The number of thiophene rings is 1. The van der Waals surface area contributed by atoms with E-state index in [9.17, 15) is 4.79 Å². The molecule has 0 bridgehead atoms. The summed E-state index contributed by atoms with van der Waals surface area (Å²) >= 11 is 1.44. The molecular weight excluding hydrogens is 234 g/mol. The van der Waals surface area contributed by atoms with Gasteiger partial charge in [-0.05, 0) is 36.2 Å². The van der Waals surface area contributed by atoms with Gasteiger partial charge in [-0.3, -0.25) is 19.9 Å². The fourth-order valence-corrected chi connectivity index (χ4v) is 2.54. The largest absolute Gasteiger partial charge is 0.273 e. The van der Waals surface area contributed by atoms with Gasteiger partial charge in [0.1, 0.15) is 5.00 Å². The van der Waals surface area contributed by atoms with Crippen LogP contribution in [0.25, 0.3) is 0 Å². The third-order valence-corrected chi connectivity index (χ3v) is 3.39. The highest BCUT2D eigenvalue weighted by Gasteiger charge is 2.17. The molecule has 88 valence electrons. The van der Waals surface area contributed by atoms with Crippen LogP contribution >= 0.6 is 11.3 Å². The van der Waals surface area contributed by atoms with Crippen molar-refractivity contribution < 1.29 is 4.79 Å². The van der Waals surface area contributed by atoms with Gasteiger partial charge < -0.3 is 0 Å². The van der Waals surface area contributed by atoms with Crippen LogP contribution in [0, 0.1) is 0 Å². The average Bonchev–Trinajstić information content (AvgIpc) is 2.95. The highest BCUT2D eigenvalue weighted by Crippen LogP contribution is 2.30. The fourth-order valence-electron chi connectivity index (χ4n) is 1.58. The van der Waals surface area contributed by atoms with Gasteiger partial charge in [-0.1, -0.05) is 6.92 Å². The van der Waals surface area contributed by atoms with Gasteiger partial charge in [0.25, 0.3) is 5.91 Å². The van der Waals surface area contributed by atoms with Gasteiger partial charge in [-0.25, -0.2) is 0 Å². The normalized spacial score (nSPS) is 10.2. The van der Waals surface area contributed by atoms with Crippen LogP contribution in [0.15, 0.2) is 34.9 Å². The third kappa shape index (κ3) is 2.29. The molecule has 2 heterocycles. The van der Waals surface area contributed by atoms with Gasteiger partial charge in [0.05, 0.1) is 5.56 Å². The number of amides is 1. The summed E-state index contributed by atoms with van der Waals surface area (Å²) in [7, 11) is 0. The maximum absolute atomic E-state index is 12.1. The highest BCUT2D eigenvalue weighted by atomic mass is 32.1. The maximum Gasteiger partial charge on any atom is 0.273 e. The molecule has 0 aromatic carbocycles. The third-order valence-electron chi connectivity index (χ3n) is 2.43. The van der Waals surface area contributed by atoms with E-state index in [0.29, 0.717) is 10.6 Å². The molecule has 2 rings (SSSR count). The summed E-state index contributed by atoms with van der Waals surface area (Å²) < 4.78 is 1.62. The molecule has 0 unspecified atom stereocenters. The first-order chi connectivity index (χ1) is 8.26. The molecule has 0 saturated carbocycles. The molecule has 2 aromatic heterocycles. The molecule has 0 fully saturated rings. The van der Waals surface area contributed by atoms with Crippen molar-refractivity contribution in [2.45, 2.75) is 13.3 Å². The van der Waals surface area contributed by atoms with Crippen LogP contribution in [-0.4, -0.2) is 17.3 Å². The van der Waals surface area contributed by atoms with Crippen LogP contribution in [0.3, 0.4) is 0 Å². The van der Waals surface area contributed by atoms with Crippen LogP contribution in [0.2, 0.25) is 0 Å². The second-order valence-corrected chi connectivity index (χ2v) is 4.34. The van der Waals surface area contributed by atoms with Gasteiger partial charge in [-0.2, -0.15) is 0 Å². The average molecular weight is 247 g/mol. The van der Waals surface area contributed by atoms with E-state index in [0.717, 1.165) is 12.0 Å². The van der Waals surface area contributed by atoms with Gasteiger partial charge in [0.2, 0.25) is 0 Å². The summed E-state index contributed by atoms with van der Waals surface area (Å²) in [4.78, 5) is 16.0. The van der Waals surface area contributed by atoms with Crippen molar-refractivity contribution in [1.29, 1.82) is 0 Å². The molecule has 0 atom stereocenters. The van der Waals surface area contributed by atoms with Crippen molar-refractivity contribution in [2.24, 2.45) is 4.99 Å². The lowest BCUT2D eigenvalue weighted by atomic mass is 10.1. The standard InChI is InChI=1S/C12H13N3OS/c1-3-9-8-17-12(13-2)10(9)11(16)14-15-6-4-5-7-15/h4-8H,2-3H2,1H3,(H,14,16). The zero-order valence-electron chi connectivity index (χ0n) is 9.51. The van der Waals surface area contributed by atoms with Crippen LogP contribution in [0.5, 0.6) is 0 Å². The highest BCUT2D eigenvalue weighted by molar-refractivity contribution is 7.14. The number of rotatable bonds is 4. The van der Waals surface area contributed by atoms with Crippen molar-refractivity contribution in [3.05, 3.63) is 41.0 Å². The van der Waals surface area contributed by atoms with E-state index in [1.54, 1.807) is 17.1 Å². The van der Waals surface area contributed by atoms with E-state index in [-0.39, 0.29) is 5.91 Å². The van der Waals surface area contributed by atoms with Crippen molar-refractivity contribution in [2.75, 3.05) is 5.43 Å². The minimum absolute atomic E-state index is 0.151. The van der Waals surface area contributed by atoms with Crippen LogP contribution in [0.1, 0.15) is 22.8 Å². The van der Waals surface area contributed by atoms with E-state index < -0.39 is 0 Å². The van der Waals surface area contributed by atoms with E-state index in [4.69, 9.17) is 0 Å². The summed E-state index contributed by atoms with van der Waals surface area (Å²) in [6.07, 6.45) is 4.36. The summed E-state index contributed by atoms with van der Waals surface area (Å²) in [6.45, 7) is 5.51. The van der Waals surface area contributed by atoms with Gasteiger partial charge in [0, 0.05) is 12.4 Å². The first-order valence-electron chi connectivity index (χ1n) is 5.27. The Balaban J connectivity index is 2.29. The summed E-state index contributed by atoms with van der Waals surface area (Å²) in [5, 5.41) is 2.63. The van der Waals surface area contributed by atoms with Gasteiger partial charge in [0.15, 0.2) is 0 Å². The zero-order valence-corrected chi connectivity index (χ0v) is 10.3. The molecule has 0 aliphatic carbocycles. The predicted molar refractivity (Wildman–Crippen MR) is 71.0 cm³/mol. The smallest absolute Gasteiger partial charge is 0.268 e. The van der Waals surface area contributed by atoms with Gasteiger partial charge in [-0.15, -0.1) is 11.3 Å². The number of hydrogen-bond donors (Lipinski definition) is 1. The minimum atomic E-state index is -0.151. The molecule has 0 radical (unpaired) electrons. The number of nitrogens with zero attached hydrogens (tertiary/aromatic N) is 2. The molecule has 1 N–H and O–H groups in total. The van der Waals surface area contributed by atoms with Crippen molar-refractivity contribution >= 4 is 29.0 Å². The molecule has 4 nitrogen and oxygen atoms in total. The Morgan fingerprint density at radius 3 is 2.82 bits per heavy atom.